The second kappa shape index (κ2) is 8.35. The van der Waals surface area contributed by atoms with Gasteiger partial charge < -0.3 is 10.2 Å². The van der Waals surface area contributed by atoms with Crippen molar-refractivity contribution >= 4 is 38.0 Å². The number of nitrogens with one attached hydrogen (secondary N) is 1. The molecular formula is C20H21N3O4S2. The summed E-state index contributed by atoms with van der Waals surface area (Å²) in [5.41, 5.74) is 2.22. The number of aryl methyl sites for hydroxylation is 1. The lowest BCUT2D eigenvalue weighted by atomic mass is 10.0. The van der Waals surface area contributed by atoms with Crippen LogP contribution in [0.1, 0.15) is 34.9 Å². The predicted octanol–water partition coefficient (Wildman–Crippen LogP) is 2.64. The summed E-state index contributed by atoms with van der Waals surface area (Å²) in [6.45, 7) is 4.32. The van der Waals surface area contributed by atoms with Crippen molar-refractivity contribution in [2.24, 2.45) is 0 Å². The molecular weight excluding hydrogens is 410 g/mol. The maximum absolute atomic E-state index is 12.4. The molecule has 1 N–H and O–H groups in total. The summed E-state index contributed by atoms with van der Waals surface area (Å²) in [5.74, 6) is -0.804. The summed E-state index contributed by atoms with van der Waals surface area (Å²) in [7, 11) is -3.57. The number of sulfone groups is 1. The van der Waals surface area contributed by atoms with Crippen LogP contribution in [-0.2, 0) is 32.4 Å². The SMILES string of the molecule is CC(=O)N1CCc2c(sc(NC(=O)CCS(=O)(=O)c3ccc(C)cc3)c2C#N)C1. The molecule has 0 unspecified atom stereocenters. The molecule has 1 aromatic heterocycles. The topological polar surface area (TPSA) is 107 Å². The van der Waals surface area contributed by atoms with E-state index in [1.165, 1.54) is 30.4 Å². The van der Waals surface area contributed by atoms with Crippen molar-refractivity contribution in [2.45, 2.75) is 38.1 Å². The van der Waals surface area contributed by atoms with Crippen LogP contribution in [0.4, 0.5) is 5.00 Å². The summed E-state index contributed by atoms with van der Waals surface area (Å²) in [4.78, 5) is 26.7. The first-order valence-corrected chi connectivity index (χ1v) is 11.6. The van der Waals surface area contributed by atoms with Gasteiger partial charge in [0, 0.05) is 24.8 Å². The molecule has 0 fully saturated rings. The third kappa shape index (κ3) is 4.66. The van der Waals surface area contributed by atoms with Crippen molar-refractivity contribution in [3.8, 4) is 6.07 Å². The lowest BCUT2D eigenvalue weighted by Crippen LogP contribution is -2.33. The predicted molar refractivity (Wildman–Crippen MR) is 110 cm³/mol. The van der Waals surface area contributed by atoms with E-state index in [1.807, 2.05) is 6.92 Å². The molecule has 1 aliphatic heterocycles. The molecule has 0 bridgehead atoms. The molecule has 0 atom stereocenters. The number of amides is 2. The average molecular weight is 432 g/mol. The first kappa shape index (κ1) is 21.0. The van der Waals surface area contributed by atoms with Crippen LogP contribution in [0.25, 0.3) is 0 Å². The smallest absolute Gasteiger partial charge is 0.226 e. The fraction of sp³-hybridized carbons (Fsp3) is 0.350. The van der Waals surface area contributed by atoms with Crippen LogP contribution in [0.3, 0.4) is 0 Å². The van der Waals surface area contributed by atoms with Gasteiger partial charge in [-0.25, -0.2) is 8.42 Å². The second-order valence-corrected chi connectivity index (χ2v) is 10.2. The standard InChI is InChI=1S/C20H21N3O4S2/c1-13-3-5-15(6-4-13)29(26,27)10-8-19(25)22-20-17(11-21)16-7-9-23(14(2)24)12-18(16)28-20/h3-6H,7-10,12H2,1-2H3,(H,22,25). The Labute approximate surface area is 173 Å². The van der Waals surface area contributed by atoms with Crippen molar-refractivity contribution in [3.63, 3.8) is 0 Å². The molecule has 0 radical (unpaired) electrons. The number of benzene rings is 1. The second-order valence-electron chi connectivity index (χ2n) is 6.94. The van der Waals surface area contributed by atoms with Crippen LogP contribution in [0, 0.1) is 18.3 Å². The van der Waals surface area contributed by atoms with Crippen molar-refractivity contribution in [2.75, 3.05) is 17.6 Å². The number of rotatable bonds is 5. The van der Waals surface area contributed by atoms with Crippen molar-refractivity contribution in [3.05, 3.63) is 45.8 Å². The molecule has 29 heavy (non-hydrogen) atoms. The Morgan fingerprint density at radius 2 is 1.97 bits per heavy atom. The number of carbonyl (C=O) groups excluding carboxylic acids is 2. The van der Waals surface area contributed by atoms with Crippen molar-refractivity contribution in [1.82, 2.24) is 4.90 Å². The fourth-order valence-corrected chi connectivity index (χ4v) is 5.63. The molecule has 1 aliphatic rings. The Balaban J connectivity index is 1.69. The number of carbonyl (C=O) groups is 2. The highest BCUT2D eigenvalue weighted by molar-refractivity contribution is 7.91. The van der Waals surface area contributed by atoms with Gasteiger partial charge in [0.1, 0.15) is 11.1 Å². The third-order valence-electron chi connectivity index (χ3n) is 4.84. The molecule has 2 aromatic rings. The third-order valence-corrected chi connectivity index (χ3v) is 7.71. The van der Waals surface area contributed by atoms with Gasteiger partial charge in [-0.2, -0.15) is 5.26 Å². The van der Waals surface area contributed by atoms with Crippen LogP contribution >= 0.6 is 11.3 Å². The summed E-state index contributed by atoms with van der Waals surface area (Å²) in [6.07, 6.45) is 0.356. The minimum absolute atomic E-state index is 0.0329. The van der Waals surface area contributed by atoms with Crippen molar-refractivity contribution in [1.29, 1.82) is 5.26 Å². The Bertz CT molecular complexity index is 1100. The number of nitrogens with zero attached hydrogens (tertiary/aromatic N) is 2. The van der Waals surface area contributed by atoms with E-state index < -0.39 is 15.7 Å². The highest BCUT2D eigenvalue weighted by atomic mass is 32.2. The summed E-state index contributed by atoms with van der Waals surface area (Å²) >= 11 is 1.27. The fourth-order valence-electron chi connectivity index (χ4n) is 3.16. The number of hydrogen-bond donors (Lipinski definition) is 1. The van der Waals surface area contributed by atoms with Gasteiger partial charge in [0.2, 0.25) is 11.8 Å². The summed E-state index contributed by atoms with van der Waals surface area (Å²) in [5, 5.41) is 12.6. The first-order valence-electron chi connectivity index (χ1n) is 9.10. The van der Waals surface area contributed by atoms with Crippen LogP contribution in [0.2, 0.25) is 0 Å². The minimum Gasteiger partial charge on any atom is -0.337 e. The Morgan fingerprint density at radius 3 is 2.59 bits per heavy atom. The van der Waals surface area contributed by atoms with Gasteiger partial charge >= 0.3 is 0 Å². The van der Waals surface area contributed by atoms with Gasteiger partial charge in [-0.3, -0.25) is 9.59 Å². The monoisotopic (exact) mass is 431 g/mol. The van der Waals surface area contributed by atoms with E-state index in [4.69, 9.17) is 0 Å². The highest BCUT2D eigenvalue weighted by Crippen LogP contribution is 2.36. The van der Waals surface area contributed by atoms with Gasteiger partial charge in [0.05, 0.1) is 22.8 Å². The number of hydrogen-bond acceptors (Lipinski definition) is 6. The molecule has 2 heterocycles. The van der Waals surface area contributed by atoms with Crippen LogP contribution in [-0.4, -0.2) is 37.4 Å². The zero-order valence-corrected chi connectivity index (χ0v) is 17.8. The van der Waals surface area contributed by atoms with Crippen LogP contribution in [0.15, 0.2) is 29.2 Å². The van der Waals surface area contributed by atoms with E-state index in [0.717, 1.165) is 16.0 Å². The molecule has 0 aliphatic carbocycles. The number of thiophene rings is 1. The number of fused-ring (bicyclic) bond motifs is 1. The van der Waals surface area contributed by atoms with E-state index in [2.05, 4.69) is 11.4 Å². The zero-order valence-electron chi connectivity index (χ0n) is 16.2. The molecule has 0 saturated carbocycles. The first-order chi connectivity index (χ1) is 13.7. The highest BCUT2D eigenvalue weighted by Gasteiger charge is 2.26. The minimum atomic E-state index is -3.57. The normalized spacial score (nSPS) is 13.5. The van der Waals surface area contributed by atoms with Crippen LogP contribution < -0.4 is 5.32 Å². The van der Waals surface area contributed by atoms with E-state index in [0.29, 0.717) is 30.1 Å². The summed E-state index contributed by atoms with van der Waals surface area (Å²) < 4.78 is 24.8. The molecule has 2 amide bonds. The van der Waals surface area contributed by atoms with Crippen molar-refractivity contribution < 1.29 is 18.0 Å². The molecule has 0 spiro atoms. The maximum Gasteiger partial charge on any atom is 0.226 e. The lowest BCUT2D eigenvalue weighted by Gasteiger charge is -2.25. The average Bonchev–Trinajstić information content (AvgIpc) is 3.02. The van der Waals surface area contributed by atoms with E-state index in [9.17, 15) is 23.3 Å². The van der Waals surface area contributed by atoms with E-state index in [-0.39, 0.29) is 23.0 Å². The van der Waals surface area contributed by atoms with Gasteiger partial charge in [0.15, 0.2) is 9.84 Å². The van der Waals surface area contributed by atoms with Crippen LogP contribution in [0.5, 0.6) is 0 Å². The van der Waals surface area contributed by atoms with Gasteiger partial charge in [-0.1, -0.05) is 17.7 Å². The summed E-state index contributed by atoms with van der Waals surface area (Å²) in [6, 6.07) is 8.62. The quantitative estimate of drug-likeness (QED) is 0.783. The largest absolute Gasteiger partial charge is 0.337 e. The molecule has 9 heteroatoms. The zero-order chi connectivity index (χ0) is 21.2. The Kier molecular flexibility index (Phi) is 6.05. The van der Waals surface area contributed by atoms with E-state index in [1.54, 1.807) is 17.0 Å². The molecule has 1 aromatic carbocycles. The Hall–Kier alpha value is -2.70. The van der Waals surface area contributed by atoms with Gasteiger partial charge in [-0.05, 0) is 31.0 Å². The molecule has 7 nitrogen and oxygen atoms in total. The molecule has 0 saturated heterocycles. The lowest BCUT2D eigenvalue weighted by molar-refractivity contribution is -0.129. The molecule has 3 rings (SSSR count). The maximum atomic E-state index is 12.4. The van der Waals surface area contributed by atoms with Gasteiger partial charge in [0.25, 0.3) is 0 Å². The van der Waals surface area contributed by atoms with Gasteiger partial charge in [-0.15, -0.1) is 11.3 Å². The Morgan fingerprint density at radius 1 is 1.28 bits per heavy atom. The van der Waals surface area contributed by atoms with E-state index >= 15 is 0 Å². The number of anilines is 1. The number of nitriles is 1. The molecule has 152 valence electrons.